The van der Waals surface area contributed by atoms with E-state index >= 15 is 0 Å². The van der Waals surface area contributed by atoms with E-state index in [2.05, 4.69) is 26.1 Å². The van der Waals surface area contributed by atoms with Gasteiger partial charge in [-0.05, 0) is 31.0 Å². The summed E-state index contributed by atoms with van der Waals surface area (Å²) in [6.45, 7) is 6.71. The first-order chi connectivity index (χ1) is 8.99. The molecule has 1 aromatic carbocycles. The Labute approximate surface area is 113 Å². The molecule has 3 nitrogen and oxygen atoms in total. The largest absolute Gasteiger partial charge is 0.478 e. The monoisotopic (exact) mass is 267 g/mol. The Bertz CT molecular complexity index is 430. The standard InChI is InChI=1S/C15H22FNO2/c1-4-11(5-2)10(3)17-9-13-8-12(15(18)19)6-7-14(13)16/h6-8,10-11,17H,4-5,9H2,1-3H3,(H,18,19). The van der Waals surface area contributed by atoms with Gasteiger partial charge < -0.3 is 10.4 Å². The maximum atomic E-state index is 13.6. The summed E-state index contributed by atoms with van der Waals surface area (Å²) in [5.41, 5.74) is 0.520. The third kappa shape index (κ3) is 4.31. The van der Waals surface area contributed by atoms with Crippen molar-refractivity contribution >= 4 is 5.97 Å². The first-order valence-corrected chi connectivity index (χ1v) is 6.74. The van der Waals surface area contributed by atoms with E-state index in [4.69, 9.17) is 5.11 Å². The first kappa shape index (κ1) is 15.6. The minimum Gasteiger partial charge on any atom is -0.478 e. The average Bonchev–Trinajstić information content (AvgIpc) is 2.38. The highest BCUT2D eigenvalue weighted by Crippen LogP contribution is 2.15. The highest BCUT2D eigenvalue weighted by Gasteiger charge is 2.14. The predicted octanol–water partition coefficient (Wildman–Crippen LogP) is 3.44. The number of hydrogen-bond donors (Lipinski definition) is 2. The van der Waals surface area contributed by atoms with Crippen molar-refractivity contribution in [3.05, 3.63) is 35.1 Å². The van der Waals surface area contributed by atoms with E-state index in [1.807, 2.05) is 0 Å². The molecule has 0 aliphatic carbocycles. The van der Waals surface area contributed by atoms with Crippen LogP contribution in [0.1, 0.15) is 49.5 Å². The van der Waals surface area contributed by atoms with E-state index in [-0.39, 0.29) is 17.4 Å². The molecule has 1 atom stereocenters. The van der Waals surface area contributed by atoms with Gasteiger partial charge in [0.15, 0.2) is 0 Å². The quantitative estimate of drug-likeness (QED) is 0.795. The second-order valence-corrected chi connectivity index (χ2v) is 4.86. The highest BCUT2D eigenvalue weighted by molar-refractivity contribution is 5.87. The summed E-state index contributed by atoms with van der Waals surface area (Å²) in [4.78, 5) is 10.9. The summed E-state index contributed by atoms with van der Waals surface area (Å²) in [7, 11) is 0. The van der Waals surface area contributed by atoms with Crippen LogP contribution in [-0.4, -0.2) is 17.1 Å². The molecule has 4 heteroatoms. The topological polar surface area (TPSA) is 49.3 Å². The summed E-state index contributed by atoms with van der Waals surface area (Å²) in [5, 5.41) is 12.2. The number of aromatic carboxylic acids is 1. The smallest absolute Gasteiger partial charge is 0.335 e. The van der Waals surface area contributed by atoms with E-state index in [1.54, 1.807) is 0 Å². The molecular formula is C15H22FNO2. The van der Waals surface area contributed by atoms with Gasteiger partial charge >= 0.3 is 5.97 Å². The fourth-order valence-electron chi connectivity index (χ4n) is 2.28. The molecule has 0 aromatic heterocycles. The van der Waals surface area contributed by atoms with Crippen molar-refractivity contribution in [2.24, 2.45) is 5.92 Å². The maximum absolute atomic E-state index is 13.6. The van der Waals surface area contributed by atoms with Gasteiger partial charge in [-0.3, -0.25) is 0 Å². The Hall–Kier alpha value is -1.42. The molecule has 0 saturated heterocycles. The number of hydrogen-bond acceptors (Lipinski definition) is 2. The van der Waals surface area contributed by atoms with Gasteiger partial charge in [0, 0.05) is 18.2 Å². The minimum atomic E-state index is -1.03. The SMILES string of the molecule is CCC(CC)C(C)NCc1cc(C(=O)O)ccc1F. The van der Waals surface area contributed by atoms with Gasteiger partial charge in [0.1, 0.15) is 5.82 Å². The Morgan fingerprint density at radius 1 is 1.37 bits per heavy atom. The lowest BCUT2D eigenvalue weighted by Crippen LogP contribution is -2.32. The fourth-order valence-corrected chi connectivity index (χ4v) is 2.28. The van der Waals surface area contributed by atoms with Crippen LogP contribution in [0, 0.1) is 11.7 Å². The molecule has 0 heterocycles. The molecule has 0 amide bonds. The Morgan fingerprint density at radius 2 is 2.00 bits per heavy atom. The van der Waals surface area contributed by atoms with Crippen molar-refractivity contribution in [2.75, 3.05) is 0 Å². The zero-order valence-electron chi connectivity index (χ0n) is 11.7. The van der Waals surface area contributed by atoms with Gasteiger partial charge in [0.2, 0.25) is 0 Å². The maximum Gasteiger partial charge on any atom is 0.335 e. The zero-order valence-corrected chi connectivity index (χ0v) is 11.7. The minimum absolute atomic E-state index is 0.119. The lowest BCUT2D eigenvalue weighted by Gasteiger charge is -2.22. The van der Waals surface area contributed by atoms with Gasteiger partial charge in [0.25, 0.3) is 0 Å². The van der Waals surface area contributed by atoms with E-state index in [0.717, 1.165) is 12.8 Å². The van der Waals surface area contributed by atoms with Crippen LogP contribution in [0.3, 0.4) is 0 Å². The van der Waals surface area contributed by atoms with Crippen molar-refractivity contribution in [3.8, 4) is 0 Å². The summed E-state index contributed by atoms with van der Waals surface area (Å²) >= 11 is 0. The Morgan fingerprint density at radius 3 is 2.53 bits per heavy atom. The van der Waals surface area contributed by atoms with E-state index < -0.39 is 5.97 Å². The van der Waals surface area contributed by atoms with Gasteiger partial charge in [-0.25, -0.2) is 9.18 Å². The van der Waals surface area contributed by atoms with Crippen LogP contribution in [0.15, 0.2) is 18.2 Å². The molecule has 106 valence electrons. The second-order valence-electron chi connectivity index (χ2n) is 4.86. The van der Waals surface area contributed by atoms with Gasteiger partial charge in [-0.1, -0.05) is 26.7 Å². The summed E-state index contributed by atoms with van der Waals surface area (Å²) < 4.78 is 13.6. The molecule has 0 fully saturated rings. The van der Waals surface area contributed by atoms with Crippen molar-refractivity contribution in [2.45, 2.75) is 46.2 Å². The fraction of sp³-hybridized carbons (Fsp3) is 0.533. The van der Waals surface area contributed by atoms with E-state index in [0.29, 0.717) is 18.0 Å². The molecule has 0 bridgehead atoms. The summed E-state index contributed by atoms with van der Waals surface area (Å²) in [5.74, 6) is -0.853. The highest BCUT2D eigenvalue weighted by atomic mass is 19.1. The normalized spacial score (nSPS) is 12.7. The van der Waals surface area contributed by atoms with Crippen LogP contribution < -0.4 is 5.32 Å². The zero-order chi connectivity index (χ0) is 14.4. The number of nitrogens with one attached hydrogen (secondary N) is 1. The molecule has 1 unspecified atom stereocenters. The van der Waals surface area contributed by atoms with Crippen LogP contribution in [0.4, 0.5) is 4.39 Å². The molecule has 0 radical (unpaired) electrons. The van der Waals surface area contributed by atoms with Gasteiger partial charge in [0.05, 0.1) is 5.56 Å². The molecule has 0 aliphatic rings. The third-order valence-electron chi connectivity index (χ3n) is 3.66. The van der Waals surface area contributed by atoms with Crippen molar-refractivity contribution in [1.29, 1.82) is 0 Å². The van der Waals surface area contributed by atoms with Gasteiger partial charge in [-0.2, -0.15) is 0 Å². The van der Waals surface area contributed by atoms with Crippen LogP contribution in [-0.2, 0) is 6.54 Å². The predicted molar refractivity (Wildman–Crippen MR) is 73.7 cm³/mol. The van der Waals surface area contributed by atoms with Crippen molar-refractivity contribution in [1.82, 2.24) is 5.32 Å². The number of benzene rings is 1. The van der Waals surface area contributed by atoms with Crippen molar-refractivity contribution in [3.63, 3.8) is 0 Å². The molecule has 1 rings (SSSR count). The molecule has 0 saturated carbocycles. The van der Waals surface area contributed by atoms with Crippen molar-refractivity contribution < 1.29 is 14.3 Å². The van der Waals surface area contributed by atoms with E-state index in [1.165, 1.54) is 18.2 Å². The molecule has 1 aromatic rings. The second kappa shape index (κ2) is 7.24. The van der Waals surface area contributed by atoms with Crippen LogP contribution in [0.5, 0.6) is 0 Å². The molecule has 19 heavy (non-hydrogen) atoms. The molecule has 0 aliphatic heterocycles. The summed E-state index contributed by atoms with van der Waals surface area (Å²) in [6.07, 6.45) is 2.14. The van der Waals surface area contributed by atoms with Gasteiger partial charge in [-0.15, -0.1) is 0 Å². The average molecular weight is 267 g/mol. The summed E-state index contributed by atoms with van der Waals surface area (Å²) in [6, 6.07) is 4.17. The van der Waals surface area contributed by atoms with Crippen LogP contribution in [0.25, 0.3) is 0 Å². The Balaban J connectivity index is 2.71. The Kier molecular flexibility index (Phi) is 5.96. The molecule has 0 spiro atoms. The number of carboxylic acids is 1. The van der Waals surface area contributed by atoms with Crippen LogP contribution >= 0.6 is 0 Å². The first-order valence-electron chi connectivity index (χ1n) is 6.74. The molecular weight excluding hydrogens is 245 g/mol. The molecule has 2 N–H and O–H groups in total. The lowest BCUT2D eigenvalue weighted by atomic mass is 9.95. The number of carboxylic acid groups (broad SMARTS) is 1. The number of halogens is 1. The lowest BCUT2D eigenvalue weighted by molar-refractivity contribution is 0.0696. The number of carbonyl (C=O) groups is 1. The van der Waals surface area contributed by atoms with Crippen LogP contribution in [0.2, 0.25) is 0 Å². The number of rotatable bonds is 7. The van der Waals surface area contributed by atoms with E-state index in [9.17, 15) is 9.18 Å². The third-order valence-corrected chi connectivity index (χ3v) is 3.66.